The van der Waals surface area contributed by atoms with Crippen molar-refractivity contribution in [1.29, 1.82) is 0 Å². The van der Waals surface area contributed by atoms with E-state index in [1.54, 1.807) is 18.7 Å². The van der Waals surface area contributed by atoms with E-state index in [4.69, 9.17) is 25.8 Å². The molecular formula is C23H23ClN4O4. The Balaban J connectivity index is 1.67. The first kappa shape index (κ1) is 21.7. The van der Waals surface area contributed by atoms with Crippen LogP contribution >= 0.6 is 11.6 Å². The SMILES string of the molecule is CCOC(=O)C1=C(C)Nc2ncnn2[C@@H]1c1ccc(OCc2ccc(Cl)cc2)c(OC)c1. The van der Waals surface area contributed by atoms with Crippen molar-refractivity contribution >= 4 is 23.5 Å². The second-order valence-electron chi connectivity index (χ2n) is 7.14. The molecule has 2 heterocycles. The van der Waals surface area contributed by atoms with E-state index in [0.717, 1.165) is 11.1 Å². The van der Waals surface area contributed by atoms with Crippen molar-refractivity contribution in [2.75, 3.05) is 19.0 Å². The molecule has 8 nitrogen and oxygen atoms in total. The summed E-state index contributed by atoms with van der Waals surface area (Å²) >= 11 is 5.95. The smallest absolute Gasteiger partial charge is 0.338 e. The van der Waals surface area contributed by atoms with Crippen LogP contribution in [0.3, 0.4) is 0 Å². The summed E-state index contributed by atoms with van der Waals surface area (Å²) < 4.78 is 18.5. The Morgan fingerprint density at radius 2 is 1.97 bits per heavy atom. The average molecular weight is 455 g/mol. The summed E-state index contributed by atoms with van der Waals surface area (Å²) in [6, 6.07) is 12.5. The Bertz CT molecular complexity index is 1160. The van der Waals surface area contributed by atoms with Gasteiger partial charge in [-0.1, -0.05) is 29.8 Å². The molecule has 0 aliphatic carbocycles. The van der Waals surface area contributed by atoms with Crippen molar-refractivity contribution in [1.82, 2.24) is 14.8 Å². The second kappa shape index (κ2) is 9.32. The number of halogens is 1. The van der Waals surface area contributed by atoms with E-state index in [2.05, 4.69) is 15.4 Å². The molecule has 166 valence electrons. The number of fused-ring (bicyclic) bond motifs is 1. The Hall–Kier alpha value is -3.52. The van der Waals surface area contributed by atoms with Crippen molar-refractivity contribution in [3.63, 3.8) is 0 Å². The highest BCUT2D eigenvalue weighted by atomic mass is 35.5. The number of methoxy groups -OCH3 is 1. The molecule has 0 radical (unpaired) electrons. The predicted octanol–water partition coefficient (Wildman–Crippen LogP) is 4.37. The maximum atomic E-state index is 12.8. The van der Waals surface area contributed by atoms with Crippen LogP contribution in [-0.2, 0) is 16.1 Å². The molecule has 1 aromatic heterocycles. The number of nitrogens with one attached hydrogen (secondary N) is 1. The highest BCUT2D eigenvalue weighted by molar-refractivity contribution is 6.30. The minimum absolute atomic E-state index is 0.271. The van der Waals surface area contributed by atoms with Gasteiger partial charge in [0.2, 0.25) is 5.95 Å². The summed E-state index contributed by atoms with van der Waals surface area (Å²) in [5.74, 6) is 1.25. The number of hydrogen-bond donors (Lipinski definition) is 1. The van der Waals surface area contributed by atoms with Gasteiger partial charge in [0.25, 0.3) is 0 Å². The fraction of sp³-hybridized carbons (Fsp3) is 0.261. The summed E-state index contributed by atoms with van der Waals surface area (Å²) in [5.41, 5.74) is 2.89. The number of hydrogen-bond acceptors (Lipinski definition) is 7. The fourth-order valence-corrected chi connectivity index (χ4v) is 3.71. The van der Waals surface area contributed by atoms with Gasteiger partial charge in [-0.25, -0.2) is 9.48 Å². The van der Waals surface area contributed by atoms with Crippen molar-refractivity contribution in [2.24, 2.45) is 0 Å². The molecule has 1 atom stereocenters. The van der Waals surface area contributed by atoms with Gasteiger partial charge in [-0.05, 0) is 49.2 Å². The van der Waals surface area contributed by atoms with E-state index in [1.807, 2.05) is 49.4 Å². The molecule has 0 unspecified atom stereocenters. The number of carbonyl (C=O) groups is 1. The number of allylic oxidation sites excluding steroid dienone is 1. The van der Waals surface area contributed by atoms with E-state index in [-0.39, 0.29) is 6.61 Å². The van der Waals surface area contributed by atoms with E-state index in [0.29, 0.717) is 40.3 Å². The normalized spacial score (nSPS) is 15.1. The number of ether oxygens (including phenoxy) is 3. The maximum absolute atomic E-state index is 12.8. The van der Waals surface area contributed by atoms with Crippen LogP contribution < -0.4 is 14.8 Å². The summed E-state index contributed by atoms with van der Waals surface area (Å²) in [4.78, 5) is 17.0. The molecule has 0 saturated carbocycles. The van der Waals surface area contributed by atoms with Crippen LogP contribution in [0.25, 0.3) is 0 Å². The van der Waals surface area contributed by atoms with Gasteiger partial charge in [-0.3, -0.25) is 0 Å². The fourth-order valence-electron chi connectivity index (χ4n) is 3.59. The van der Waals surface area contributed by atoms with Crippen LogP contribution in [-0.4, -0.2) is 34.5 Å². The summed E-state index contributed by atoms with van der Waals surface area (Å²) in [6.45, 7) is 4.22. The molecule has 0 fully saturated rings. The van der Waals surface area contributed by atoms with Crippen molar-refractivity contribution in [2.45, 2.75) is 26.5 Å². The average Bonchev–Trinajstić information content (AvgIpc) is 3.25. The molecule has 4 rings (SSSR count). The number of benzene rings is 2. The number of nitrogens with zero attached hydrogens (tertiary/aromatic N) is 3. The highest BCUT2D eigenvalue weighted by Gasteiger charge is 2.34. The van der Waals surface area contributed by atoms with Crippen LogP contribution in [0.15, 0.2) is 60.1 Å². The van der Waals surface area contributed by atoms with Crippen molar-refractivity contribution < 1.29 is 19.0 Å². The minimum Gasteiger partial charge on any atom is -0.493 e. The number of anilines is 1. The molecule has 0 spiro atoms. The first-order chi connectivity index (χ1) is 15.5. The zero-order chi connectivity index (χ0) is 22.7. The zero-order valence-electron chi connectivity index (χ0n) is 18.0. The second-order valence-corrected chi connectivity index (χ2v) is 7.58. The Labute approximate surface area is 190 Å². The minimum atomic E-state index is -0.521. The molecule has 0 bridgehead atoms. The van der Waals surface area contributed by atoms with Gasteiger partial charge in [0.1, 0.15) is 19.0 Å². The third-order valence-electron chi connectivity index (χ3n) is 5.10. The van der Waals surface area contributed by atoms with Crippen LogP contribution in [0, 0.1) is 0 Å². The Morgan fingerprint density at radius 1 is 1.19 bits per heavy atom. The van der Waals surface area contributed by atoms with E-state index >= 15 is 0 Å². The van der Waals surface area contributed by atoms with E-state index in [9.17, 15) is 4.79 Å². The number of aromatic nitrogens is 3. The van der Waals surface area contributed by atoms with Crippen LogP contribution in [0.4, 0.5) is 5.95 Å². The van der Waals surface area contributed by atoms with E-state index in [1.165, 1.54) is 6.33 Å². The van der Waals surface area contributed by atoms with Crippen LogP contribution in [0.1, 0.15) is 31.0 Å². The van der Waals surface area contributed by atoms with Gasteiger partial charge in [-0.15, -0.1) is 0 Å². The first-order valence-corrected chi connectivity index (χ1v) is 10.5. The van der Waals surface area contributed by atoms with Gasteiger partial charge < -0.3 is 19.5 Å². The molecular weight excluding hydrogens is 432 g/mol. The van der Waals surface area contributed by atoms with Crippen LogP contribution in [0.2, 0.25) is 5.02 Å². The molecule has 0 saturated heterocycles. The summed E-state index contributed by atoms with van der Waals surface area (Å²) in [7, 11) is 1.57. The molecule has 0 amide bonds. The molecule has 2 aromatic carbocycles. The quantitative estimate of drug-likeness (QED) is 0.530. The largest absolute Gasteiger partial charge is 0.493 e. The Morgan fingerprint density at radius 3 is 2.69 bits per heavy atom. The zero-order valence-corrected chi connectivity index (χ0v) is 18.7. The topological polar surface area (TPSA) is 87.5 Å². The molecule has 1 N–H and O–H groups in total. The van der Waals surface area contributed by atoms with Crippen LogP contribution in [0.5, 0.6) is 11.5 Å². The third-order valence-corrected chi connectivity index (χ3v) is 5.35. The molecule has 3 aromatic rings. The molecule has 9 heteroatoms. The molecule has 1 aliphatic rings. The summed E-state index contributed by atoms with van der Waals surface area (Å²) in [5, 5.41) is 8.11. The molecule has 1 aliphatic heterocycles. The molecule has 32 heavy (non-hydrogen) atoms. The number of esters is 1. The van der Waals surface area contributed by atoms with Gasteiger partial charge in [-0.2, -0.15) is 10.1 Å². The first-order valence-electron chi connectivity index (χ1n) is 10.1. The predicted molar refractivity (Wildman–Crippen MR) is 120 cm³/mol. The maximum Gasteiger partial charge on any atom is 0.338 e. The lowest BCUT2D eigenvalue weighted by Crippen LogP contribution is -2.29. The number of rotatable bonds is 7. The summed E-state index contributed by atoms with van der Waals surface area (Å²) in [6.07, 6.45) is 1.44. The standard InChI is InChI=1S/C23H23ClN4O4/c1-4-31-22(29)20-14(2)27-23-25-13-26-28(23)21(20)16-7-10-18(19(11-16)30-3)32-12-15-5-8-17(24)9-6-15/h5-11,13,21H,4,12H2,1-3H3,(H,25,26,27)/t21-/m1/s1. The lowest BCUT2D eigenvalue weighted by Gasteiger charge is -2.28. The van der Waals surface area contributed by atoms with Gasteiger partial charge in [0, 0.05) is 10.7 Å². The lowest BCUT2D eigenvalue weighted by molar-refractivity contribution is -0.139. The third kappa shape index (κ3) is 4.27. The van der Waals surface area contributed by atoms with E-state index < -0.39 is 12.0 Å². The van der Waals surface area contributed by atoms with Crippen molar-refractivity contribution in [3.8, 4) is 11.5 Å². The van der Waals surface area contributed by atoms with Crippen molar-refractivity contribution in [3.05, 3.63) is 76.2 Å². The highest BCUT2D eigenvalue weighted by Crippen LogP contribution is 2.39. The monoisotopic (exact) mass is 454 g/mol. The van der Waals surface area contributed by atoms with Gasteiger partial charge >= 0.3 is 5.97 Å². The van der Waals surface area contributed by atoms with Gasteiger partial charge in [0.05, 0.1) is 19.3 Å². The lowest BCUT2D eigenvalue weighted by atomic mass is 9.95. The van der Waals surface area contributed by atoms with Gasteiger partial charge in [0.15, 0.2) is 11.5 Å². The Kier molecular flexibility index (Phi) is 6.32. The number of carbonyl (C=O) groups excluding carboxylic acids is 1.